The van der Waals surface area contributed by atoms with Crippen molar-refractivity contribution in [3.05, 3.63) is 89.6 Å². The average Bonchev–Trinajstić information content (AvgIpc) is 3.61. The van der Waals surface area contributed by atoms with Crippen LogP contribution in [0.5, 0.6) is 17.4 Å². The maximum absolute atomic E-state index is 12.7. The molecule has 0 spiro atoms. The molecule has 1 saturated carbocycles. The Morgan fingerprint density at radius 3 is 2.64 bits per heavy atom. The maximum atomic E-state index is 12.7. The number of hydrogen-bond donors (Lipinski definition) is 2. The number of carbonyl (C=O) groups is 1. The number of piperidine rings is 1. The third kappa shape index (κ3) is 5.34. The molecule has 2 atom stereocenters. The largest absolute Gasteiger partial charge is 0.506 e. The molecule has 1 saturated heterocycles. The van der Waals surface area contributed by atoms with E-state index >= 15 is 0 Å². The van der Waals surface area contributed by atoms with Gasteiger partial charge in [-0.1, -0.05) is 54.1 Å². The fraction of sp³-hybridized carbons (Fsp3) is 0.259. The van der Waals surface area contributed by atoms with E-state index in [1.165, 1.54) is 17.3 Å². The van der Waals surface area contributed by atoms with E-state index in [1.807, 2.05) is 35.2 Å². The van der Waals surface area contributed by atoms with Crippen molar-refractivity contribution in [1.82, 2.24) is 15.2 Å². The maximum Gasteiger partial charge on any atom is 0.317 e. The Kier molecular flexibility index (Phi) is 5.98. The lowest BCUT2D eigenvalue weighted by molar-refractivity contribution is 0.193. The summed E-state index contributed by atoms with van der Waals surface area (Å²) >= 11 is 0. The molecule has 1 aliphatic heterocycles. The van der Waals surface area contributed by atoms with E-state index in [1.54, 1.807) is 12.1 Å². The minimum absolute atomic E-state index is 0.0503. The Balaban J connectivity index is 1.13. The molecule has 168 valence electrons. The number of aromatic hydroxyl groups is 1. The van der Waals surface area contributed by atoms with Gasteiger partial charge in [0, 0.05) is 31.1 Å². The van der Waals surface area contributed by atoms with Gasteiger partial charge in [-0.15, -0.1) is 0 Å². The number of rotatable bonds is 5. The van der Waals surface area contributed by atoms with Crippen molar-refractivity contribution < 1.29 is 14.6 Å². The summed E-state index contributed by atoms with van der Waals surface area (Å²) in [6.07, 6.45) is 6.29. The molecular weight excluding hydrogens is 414 g/mol. The second kappa shape index (κ2) is 9.36. The number of pyridine rings is 1. The molecular formula is C27H27N3O3. The minimum atomic E-state index is 0.0503. The summed E-state index contributed by atoms with van der Waals surface area (Å²) in [7, 11) is 0. The first-order valence-electron chi connectivity index (χ1n) is 11.4. The lowest BCUT2D eigenvalue weighted by atomic mass is 10.0. The van der Waals surface area contributed by atoms with Crippen LogP contribution in [0.15, 0.2) is 78.5 Å². The smallest absolute Gasteiger partial charge is 0.317 e. The summed E-state index contributed by atoms with van der Waals surface area (Å²) in [5.41, 5.74) is 3.69. The van der Waals surface area contributed by atoms with Gasteiger partial charge in [0.25, 0.3) is 0 Å². The summed E-state index contributed by atoms with van der Waals surface area (Å²) in [5.74, 6) is 1.68. The fourth-order valence-corrected chi connectivity index (χ4v) is 4.27. The van der Waals surface area contributed by atoms with Gasteiger partial charge in [0.2, 0.25) is 5.88 Å². The fourth-order valence-electron chi connectivity index (χ4n) is 4.27. The molecule has 1 aromatic heterocycles. The number of benzene rings is 2. The van der Waals surface area contributed by atoms with Gasteiger partial charge >= 0.3 is 6.03 Å². The van der Waals surface area contributed by atoms with Gasteiger partial charge in [0.05, 0.1) is 6.20 Å². The van der Waals surface area contributed by atoms with Crippen LogP contribution in [0.25, 0.3) is 6.08 Å². The monoisotopic (exact) mass is 441 g/mol. The van der Waals surface area contributed by atoms with E-state index < -0.39 is 0 Å². The minimum Gasteiger partial charge on any atom is -0.506 e. The molecule has 2 fully saturated rings. The number of aromatic nitrogens is 1. The number of nitrogens with one attached hydrogen (secondary N) is 1. The highest BCUT2D eigenvalue weighted by atomic mass is 16.5. The third-order valence-electron chi connectivity index (χ3n) is 6.19. The van der Waals surface area contributed by atoms with Crippen molar-refractivity contribution in [1.29, 1.82) is 0 Å². The van der Waals surface area contributed by atoms with E-state index in [0.717, 1.165) is 37.9 Å². The average molecular weight is 442 g/mol. The zero-order chi connectivity index (χ0) is 22.6. The van der Waals surface area contributed by atoms with Crippen molar-refractivity contribution in [3.8, 4) is 17.4 Å². The van der Waals surface area contributed by atoms with Crippen LogP contribution in [0.3, 0.4) is 0 Å². The highest BCUT2D eigenvalue weighted by molar-refractivity contribution is 5.75. The Morgan fingerprint density at radius 1 is 1.06 bits per heavy atom. The van der Waals surface area contributed by atoms with E-state index in [0.29, 0.717) is 17.5 Å². The van der Waals surface area contributed by atoms with Gasteiger partial charge in [-0.2, -0.15) is 0 Å². The Bertz CT molecular complexity index is 1130. The molecule has 5 rings (SSSR count). The van der Waals surface area contributed by atoms with Crippen LogP contribution in [0.4, 0.5) is 4.79 Å². The van der Waals surface area contributed by atoms with Crippen LogP contribution in [0, 0.1) is 0 Å². The number of amides is 2. The van der Waals surface area contributed by atoms with E-state index in [2.05, 4.69) is 40.6 Å². The van der Waals surface area contributed by atoms with Gasteiger partial charge in [-0.3, -0.25) is 0 Å². The highest BCUT2D eigenvalue weighted by Gasteiger charge is 2.40. The molecule has 6 nitrogen and oxygen atoms in total. The summed E-state index contributed by atoms with van der Waals surface area (Å²) < 4.78 is 5.78. The Hall–Kier alpha value is -3.80. The summed E-state index contributed by atoms with van der Waals surface area (Å²) in [6.45, 7) is 1.46. The number of carbonyl (C=O) groups excluding carboxylic acids is 1. The molecule has 2 N–H and O–H groups in total. The predicted octanol–water partition coefficient (Wildman–Crippen LogP) is 5.32. The molecule has 3 aromatic rings. The topological polar surface area (TPSA) is 74.7 Å². The van der Waals surface area contributed by atoms with Gasteiger partial charge in [0.1, 0.15) is 11.5 Å². The van der Waals surface area contributed by atoms with Crippen LogP contribution in [0.2, 0.25) is 0 Å². The van der Waals surface area contributed by atoms with Crippen LogP contribution in [-0.2, 0) is 0 Å². The van der Waals surface area contributed by atoms with Gasteiger partial charge < -0.3 is 20.1 Å². The van der Waals surface area contributed by atoms with E-state index in [4.69, 9.17) is 4.74 Å². The van der Waals surface area contributed by atoms with Gasteiger partial charge in [-0.05, 0) is 48.6 Å². The van der Waals surface area contributed by atoms with Crippen LogP contribution in [-0.4, -0.2) is 40.2 Å². The normalized spacial score (nSPS) is 19.6. The van der Waals surface area contributed by atoms with Gasteiger partial charge in [-0.25, -0.2) is 9.78 Å². The predicted molar refractivity (Wildman–Crippen MR) is 127 cm³/mol. The quantitative estimate of drug-likeness (QED) is 0.562. The number of likely N-dealkylation sites (tertiary alicyclic amines) is 1. The zero-order valence-electron chi connectivity index (χ0n) is 18.4. The van der Waals surface area contributed by atoms with Crippen molar-refractivity contribution in [2.45, 2.75) is 31.2 Å². The Labute approximate surface area is 193 Å². The zero-order valence-corrected chi connectivity index (χ0v) is 18.4. The molecule has 2 aromatic carbocycles. The van der Waals surface area contributed by atoms with Crippen molar-refractivity contribution in [2.24, 2.45) is 0 Å². The molecule has 2 aliphatic rings. The Morgan fingerprint density at radius 2 is 1.88 bits per heavy atom. The van der Waals surface area contributed by atoms with Crippen LogP contribution >= 0.6 is 0 Å². The highest BCUT2D eigenvalue weighted by Crippen LogP contribution is 2.40. The summed E-state index contributed by atoms with van der Waals surface area (Å²) in [5, 5.41) is 12.6. The molecule has 2 heterocycles. The lowest BCUT2D eigenvalue weighted by Crippen LogP contribution is -2.44. The third-order valence-corrected chi connectivity index (χ3v) is 6.19. The molecule has 2 unspecified atom stereocenters. The molecule has 6 heteroatoms. The van der Waals surface area contributed by atoms with Crippen LogP contribution < -0.4 is 10.1 Å². The molecule has 0 radical (unpaired) electrons. The molecule has 33 heavy (non-hydrogen) atoms. The summed E-state index contributed by atoms with van der Waals surface area (Å²) in [4.78, 5) is 18.7. The second-order valence-electron chi connectivity index (χ2n) is 8.63. The van der Waals surface area contributed by atoms with E-state index in [9.17, 15) is 9.90 Å². The van der Waals surface area contributed by atoms with Crippen LogP contribution in [0.1, 0.15) is 36.3 Å². The molecule has 1 aliphatic carbocycles. The first-order valence-corrected chi connectivity index (χ1v) is 11.4. The first-order chi connectivity index (χ1) is 16.1. The summed E-state index contributed by atoms with van der Waals surface area (Å²) in [6, 6.07) is 21.7. The van der Waals surface area contributed by atoms with Crippen molar-refractivity contribution in [3.63, 3.8) is 0 Å². The standard InChI is InChI=1S/C27H27N3O3/c31-22-9-10-26(28-18-22)33-23-8-4-5-20(16-23)15-19-11-13-30(14-12-19)27(32)29-25-17-24(25)21-6-2-1-3-7-21/h1-10,15-16,18,24-25,31H,11-14,17H2,(H,29,32). The number of ether oxygens (including phenoxy) is 1. The number of urea groups is 1. The van der Waals surface area contributed by atoms with Gasteiger partial charge in [0.15, 0.2) is 0 Å². The SMILES string of the molecule is O=C(NC1CC1c1ccccc1)N1CCC(=Cc2cccc(Oc3ccc(O)cn3)c2)CC1. The second-order valence-corrected chi connectivity index (χ2v) is 8.63. The van der Waals surface area contributed by atoms with Crippen molar-refractivity contribution >= 4 is 12.1 Å². The van der Waals surface area contributed by atoms with E-state index in [-0.39, 0.29) is 17.8 Å². The lowest BCUT2D eigenvalue weighted by Gasteiger charge is -2.28. The number of hydrogen-bond acceptors (Lipinski definition) is 4. The first kappa shape index (κ1) is 21.1. The molecule has 2 amide bonds. The number of nitrogens with zero attached hydrogens (tertiary/aromatic N) is 2. The van der Waals surface area contributed by atoms with Crippen molar-refractivity contribution in [2.75, 3.05) is 13.1 Å². The molecule has 0 bridgehead atoms.